The molecule has 0 aliphatic carbocycles. The third-order valence-electron chi connectivity index (χ3n) is 14.4. The van der Waals surface area contributed by atoms with Gasteiger partial charge in [-0.2, -0.15) is 0 Å². The quantitative estimate of drug-likeness (QED) is 0.0195. The van der Waals surface area contributed by atoms with Gasteiger partial charge in [0.05, 0.1) is 25.4 Å². The van der Waals surface area contributed by atoms with E-state index in [2.05, 4.69) is 38.2 Å². The van der Waals surface area contributed by atoms with E-state index in [-0.39, 0.29) is 13.0 Å². The van der Waals surface area contributed by atoms with E-state index in [1.807, 2.05) is 6.08 Å². The van der Waals surface area contributed by atoms with Gasteiger partial charge in [0.1, 0.15) is 24.4 Å². The highest BCUT2D eigenvalue weighted by Crippen LogP contribution is 2.26. The molecule has 1 saturated heterocycles. The first kappa shape index (κ1) is 67.2. The number of aliphatic hydroxyl groups is 5. The number of esters is 1. The molecule has 1 amide bonds. The van der Waals surface area contributed by atoms with Crippen LogP contribution >= 0.6 is 0 Å². The van der Waals surface area contributed by atoms with Crippen LogP contribution in [0.4, 0.5) is 0 Å². The Hall–Kier alpha value is -1.86. The second-order valence-corrected chi connectivity index (χ2v) is 21.1. The minimum atomic E-state index is -1.61. The van der Waals surface area contributed by atoms with E-state index in [1.165, 1.54) is 180 Å². The highest BCUT2D eigenvalue weighted by Gasteiger charge is 2.47. The normalized spacial score (nSPS) is 19.7. The lowest BCUT2D eigenvalue weighted by molar-refractivity contribution is -0.305. The Bertz CT molecular complexity index is 1250. The van der Waals surface area contributed by atoms with Crippen LogP contribution in [0.3, 0.4) is 0 Å². The van der Waals surface area contributed by atoms with Gasteiger partial charge < -0.3 is 45.1 Å². The zero-order chi connectivity index (χ0) is 51.8. The fourth-order valence-electron chi connectivity index (χ4n) is 9.53. The van der Waals surface area contributed by atoms with Crippen molar-refractivity contribution in [2.45, 2.75) is 333 Å². The fraction of sp³-hybridized carbons (Fsp3) is 0.900. The first-order valence-corrected chi connectivity index (χ1v) is 30.1. The number of amides is 1. The van der Waals surface area contributed by atoms with E-state index in [0.29, 0.717) is 19.3 Å². The van der Waals surface area contributed by atoms with E-state index in [0.717, 1.165) is 57.8 Å². The number of hydrogen-bond donors (Lipinski definition) is 6. The van der Waals surface area contributed by atoms with Crippen molar-refractivity contribution >= 4 is 11.9 Å². The Kier molecular flexibility index (Phi) is 46.4. The Labute approximate surface area is 435 Å². The number of ether oxygens (including phenoxy) is 3. The molecule has 6 N–H and O–H groups in total. The number of allylic oxidation sites excluding steroid dienone is 3. The van der Waals surface area contributed by atoms with Crippen LogP contribution in [0.5, 0.6) is 0 Å². The molecule has 71 heavy (non-hydrogen) atoms. The van der Waals surface area contributed by atoms with Crippen LogP contribution < -0.4 is 5.32 Å². The summed E-state index contributed by atoms with van der Waals surface area (Å²) in [6, 6.07) is -1.02. The van der Waals surface area contributed by atoms with Gasteiger partial charge in [-0.1, -0.05) is 251 Å². The second-order valence-electron chi connectivity index (χ2n) is 21.1. The molecule has 1 aliphatic rings. The van der Waals surface area contributed by atoms with Crippen molar-refractivity contribution in [3.63, 3.8) is 0 Å². The van der Waals surface area contributed by atoms with Gasteiger partial charge in [-0.15, -0.1) is 0 Å². The maximum absolute atomic E-state index is 13.4. The van der Waals surface area contributed by atoms with E-state index >= 15 is 0 Å². The van der Waals surface area contributed by atoms with Crippen molar-refractivity contribution in [3.8, 4) is 0 Å². The minimum absolute atomic E-state index is 0.128. The van der Waals surface area contributed by atoms with Crippen LogP contribution in [0.2, 0.25) is 0 Å². The van der Waals surface area contributed by atoms with Gasteiger partial charge in [0.2, 0.25) is 5.91 Å². The zero-order valence-corrected chi connectivity index (χ0v) is 46.1. The zero-order valence-electron chi connectivity index (χ0n) is 46.1. The molecule has 0 bridgehead atoms. The molecule has 8 unspecified atom stereocenters. The molecule has 0 spiro atoms. The van der Waals surface area contributed by atoms with Crippen molar-refractivity contribution in [2.24, 2.45) is 0 Å². The summed E-state index contributed by atoms with van der Waals surface area (Å²) in [5.41, 5.74) is 0. The third kappa shape index (κ3) is 37.5. The molecule has 11 nitrogen and oxygen atoms in total. The monoisotopic (exact) mass is 1010 g/mol. The van der Waals surface area contributed by atoms with Gasteiger partial charge in [-0.3, -0.25) is 9.59 Å². The maximum atomic E-state index is 13.4. The van der Waals surface area contributed by atoms with Crippen LogP contribution in [0.25, 0.3) is 0 Å². The molecule has 418 valence electrons. The predicted octanol–water partition coefficient (Wildman–Crippen LogP) is 13.7. The largest absolute Gasteiger partial charge is 0.454 e. The summed E-state index contributed by atoms with van der Waals surface area (Å²) in [6.07, 6.45) is 45.1. The summed E-state index contributed by atoms with van der Waals surface area (Å²) in [7, 11) is 0. The molecule has 11 heteroatoms. The van der Waals surface area contributed by atoms with Crippen molar-refractivity contribution in [2.75, 3.05) is 13.2 Å². The Morgan fingerprint density at radius 3 is 1.37 bits per heavy atom. The van der Waals surface area contributed by atoms with Gasteiger partial charge >= 0.3 is 5.97 Å². The molecule has 0 aromatic rings. The van der Waals surface area contributed by atoms with Crippen LogP contribution in [-0.2, 0) is 23.8 Å². The number of rotatable bonds is 51. The average Bonchev–Trinajstić information content (AvgIpc) is 3.37. The summed E-state index contributed by atoms with van der Waals surface area (Å²) in [6.45, 7) is 5.78. The summed E-state index contributed by atoms with van der Waals surface area (Å²) in [5, 5.41) is 56.8. The van der Waals surface area contributed by atoms with Crippen LogP contribution in [-0.4, -0.2) is 99.6 Å². The lowest BCUT2D eigenvalue weighted by Gasteiger charge is -2.41. The summed E-state index contributed by atoms with van der Waals surface area (Å²) in [4.78, 5) is 26.4. The first-order chi connectivity index (χ1) is 34.7. The Balaban J connectivity index is 2.65. The van der Waals surface area contributed by atoms with E-state index < -0.39 is 67.4 Å². The molecular formula is C60H113NO10. The number of unbranched alkanes of at least 4 members (excludes halogenated alkanes) is 35. The fourth-order valence-corrected chi connectivity index (χ4v) is 9.53. The van der Waals surface area contributed by atoms with Crippen LogP contribution in [0, 0.1) is 0 Å². The molecule has 1 fully saturated rings. The van der Waals surface area contributed by atoms with Crippen LogP contribution in [0.15, 0.2) is 24.3 Å². The van der Waals surface area contributed by atoms with Crippen LogP contribution in [0.1, 0.15) is 284 Å². The number of nitrogens with one attached hydrogen (secondary N) is 1. The molecule has 1 aliphatic heterocycles. The predicted molar refractivity (Wildman–Crippen MR) is 292 cm³/mol. The topological polar surface area (TPSA) is 175 Å². The lowest BCUT2D eigenvalue weighted by Crippen LogP contribution is -2.61. The molecular weight excluding hydrogens is 895 g/mol. The van der Waals surface area contributed by atoms with Gasteiger partial charge in [0, 0.05) is 6.42 Å². The SMILES string of the molecule is CCCCCCCC/C=C/CCCCCCCCCCCCC(O)C(=O)NC(COC1OC(CO)C(O)C(O)C1OC(=O)CCCCCCCCCCCCC)C(O)/C=C/CCCCCCCCCCC. The number of aliphatic hydroxyl groups excluding tert-OH is 5. The first-order valence-electron chi connectivity index (χ1n) is 30.1. The van der Waals surface area contributed by atoms with Gasteiger partial charge in [0.15, 0.2) is 12.4 Å². The molecule has 1 heterocycles. The second kappa shape index (κ2) is 49.0. The molecule has 0 saturated carbocycles. The lowest BCUT2D eigenvalue weighted by atomic mass is 9.99. The summed E-state index contributed by atoms with van der Waals surface area (Å²) in [5.74, 6) is -1.19. The highest BCUT2D eigenvalue weighted by atomic mass is 16.7. The van der Waals surface area contributed by atoms with E-state index in [4.69, 9.17) is 14.2 Å². The van der Waals surface area contributed by atoms with Gasteiger partial charge in [-0.05, 0) is 51.4 Å². The summed E-state index contributed by atoms with van der Waals surface area (Å²) < 4.78 is 17.6. The number of carbonyl (C=O) groups is 2. The van der Waals surface area contributed by atoms with Crippen molar-refractivity contribution < 1.29 is 49.3 Å². The standard InChI is InChI=1S/C60H113NO10/c1-4-7-10-13-16-19-22-23-24-25-26-27-28-29-30-33-35-38-41-44-47-53(64)59(68)61-51(52(63)46-43-40-37-34-31-20-17-14-11-8-5-2)50-69-60-58(57(67)56(66)54(49-62)70-60)71-55(65)48-45-42-39-36-32-21-18-15-12-9-6-3/h23-24,43,46,51-54,56-58,60,62-64,66-67H,4-22,25-42,44-45,47-50H2,1-3H3,(H,61,68)/b24-23+,46-43+. The smallest absolute Gasteiger partial charge is 0.306 e. The van der Waals surface area contributed by atoms with Gasteiger partial charge in [-0.25, -0.2) is 0 Å². The number of carbonyl (C=O) groups excluding carboxylic acids is 2. The van der Waals surface area contributed by atoms with Crippen molar-refractivity contribution in [1.29, 1.82) is 0 Å². The van der Waals surface area contributed by atoms with Crippen molar-refractivity contribution in [3.05, 3.63) is 24.3 Å². The molecule has 8 atom stereocenters. The molecule has 0 aromatic carbocycles. The molecule has 0 aromatic heterocycles. The Morgan fingerprint density at radius 1 is 0.535 bits per heavy atom. The third-order valence-corrected chi connectivity index (χ3v) is 14.4. The molecule has 1 rings (SSSR count). The van der Waals surface area contributed by atoms with E-state index in [1.54, 1.807) is 6.08 Å². The van der Waals surface area contributed by atoms with Gasteiger partial charge in [0.25, 0.3) is 0 Å². The maximum Gasteiger partial charge on any atom is 0.306 e. The Morgan fingerprint density at radius 2 is 0.930 bits per heavy atom. The molecule has 0 radical (unpaired) electrons. The van der Waals surface area contributed by atoms with Crippen molar-refractivity contribution in [1.82, 2.24) is 5.32 Å². The average molecular weight is 1010 g/mol. The van der Waals surface area contributed by atoms with E-state index in [9.17, 15) is 35.1 Å². The minimum Gasteiger partial charge on any atom is -0.454 e. The highest BCUT2D eigenvalue weighted by molar-refractivity contribution is 5.80. The number of hydrogen-bond acceptors (Lipinski definition) is 10. The summed E-state index contributed by atoms with van der Waals surface area (Å²) >= 11 is 0.